The Hall–Kier alpha value is -2.12. The normalized spacial score (nSPS) is 21.0. The maximum Gasteiger partial charge on any atom is 0.433 e. The maximum atomic E-state index is 12.5. The van der Waals surface area contributed by atoms with Gasteiger partial charge in [-0.2, -0.15) is 13.2 Å². The maximum absolute atomic E-state index is 12.5. The average Bonchev–Trinajstić information content (AvgIpc) is 3.17. The lowest BCUT2D eigenvalue weighted by molar-refractivity contribution is -0.142. The highest BCUT2D eigenvalue weighted by Crippen LogP contribution is 2.40. The molecule has 1 amide bonds. The van der Waals surface area contributed by atoms with Crippen molar-refractivity contribution in [3.05, 3.63) is 29.6 Å². The van der Waals surface area contributed by atoms with Crippen LogP contribution in [0.4, 0.5) is 13.2 Å². The number of hydrogen-bond donors (Lipinski definition) is 1. The number of pyridine rings is 1. The highest BCUT2D eigenvalue weighted by Gasteiger charge is 2.49. The van der Waals surface area contributed by atoms with Gasteiger partial charge in [0.05, 0.1) is 24.1 Å². The molecule has 1 aromatic heterocycles. The Kier molecular flexibility index (Phi) is 3.89. The van der Waals surface area contributed by atoms with Crippen LogP contribution in [0.5, 0.6) is 0 Å². The van der Waals surface area contributed by atoms with E-state index < -0.39 is 29.7 Å². The van der Waals surface area contributed by atoms with Crippen molar-refractivity contribution in [3.63, 3.8) is 0 Å². The van der Waals surface area contributed by atoms with E-state index in [2.05, 4.69) is 4.98 Å². The van der Waals surface area contributed by atoms with Gasteiger partial charge in [0.2, 0.25) is 5.91 Å². The Morgan fingerprint density at radius 3 is 2.57 bits per heavy atom. The van der Waals surface area contributed by atoms with E-state index in [9.17, 15) is 22.8 Å². The third kappa shape index (κ3) is 3.50. The van der Waals surface area contributed by atoms with Crippen LogP contribution in [0, 0.1) is 11.8 Å². The van der Waals surface area contributed by atoms with Crippen molar-refractivity contribution in [2.75, 3.05) is 7.05 Å². The second kappa shape index (κ2) is 5.34. The van der Waals surface area contributed by atoms with Crippen LogP contribution in [0.1, 0.15) is 17.8 Å². The van der Waals surface area contributed by atoms with Gasteiger partial charge in [0.15, 0.2) is 0 Å². The lowest BCUT2D eigenvalue weighted by Crippen LogP contribution is -2.29. The first-order valence-corrected chi connectivity index (χ1v) is 6.21. The van der Waals surface area contributed by atoms with Crippen LogP contribution in [-0.2, 0) is 22.3 Å². The number of alkyl halides is 3. The number of carbonyl (C=O) groups is 2. The molecule has 0 spiro atoms. The highest BCUT2D eigenvalue weighted by atomic mass is 19.4. The number of rotatable bonds is 4. The zero-order valence-corrected chi connectivity index (χ0v) is 11.1. The summed E-state index contributed by atoms with van der Waals surface area (Å²) in [5, 5.41) is 8.76. The molecule has 2 atom stereocenters. The topological polar surface area (TPSA) is 70.5 Å². The molecular formula is C13H13F3N2O3. The summed E-state index contributed by atoms with van der Waals surface area (Å²) in [6.07, 6.45) is -4.27. The molecule has 1 aliphatic rings. The monoisotopic (exact) mass is 302 g/mol. The Labute approximate surface area is 118 Å². The largest absolute Gasteiger partial charge is 0.481 e. The van der Waals surface area contributed by atoms with Crippen molar-refractivity contribution in [1.29, 1.82) is 0 Å². The summed E-state index contributed by atoms with van der Waals surface area (Å²) in [5.41, 5.74) is -0.913. The molecule has 1 aliphatic carbocycles. The van der Waals surface area contributed by atoms with Gasteiger partial charge in [0.25, 0.3) is 0 Å². The molecule has 0 aliphatic heterocycles. The van der Waals surface area contributed by atoms with Gasteiger partial charge < -0.3 is 10.0 Å². The molecule has 0 aromatic carbocycles. The number of halogens is 3. The van der Waals surface area contributed by atoms with Gasteiger partial charge in [-0.1, -0.05) is 6.07 Å². The zero-order valence-electron chi connectivity index (χ0n) is 11.1. The molecule has 0 unspecified atom stereocenters. The summed E-state index contributed by atoms with van der Waals surface area (Å²) in [4.78, 5) is 27.3. The predicted molar refractivity (Wildman–Crippen MR) is 64.9 cm³/mol. The van der Waals surface area contributed by atoms with Gasteiger partial charge in [0, 0.05) is 7.05 Å². The van der Waals surface area contributed by atoms with E-state index in [1.54, 1.807) is 0 Å². The fourth-order valence-electron chi connectivity index (χ4n) is 2.07. The van der Waals surface area contributed by atoms with Gasteiger partial charge in [0.1, 0.15) is 5.69 Å². The first-order valence-electron chi connectivity index (χ1n) is 6.21. The quantitative estimate of drug-likeness (QED) is 0.920. The Morgan fingerprint density at radius 2 is 2.05 bits per heavy atom. The molecule has 1 fully saturated rings. The van der Waals surface area contributed by atoms with Crippen molar-refractivity contribution in [1.82, 2.24) is 9.88 Å². The first-order chi connectivity index (χ1) is 9.70. The highest BCUT2D eigenvalue weighted by molar-refractivity contribution is 5.89. The molecule has 8 heteroatoms. The van der Waals surface area contributed by atoms with Crippen LogP contribution in [0.2, 0.25) is 0 Å². The third-order valence-corrected chi connectivity index (χ3v) is 3.30. The van der Waals surface area contributed by atoms with E-state index in [0.717, 1.165) is 6.07 Å². The number of amides is 1. The fourth-order valence-corrected chi connectivity index (χ4v) is 2.07. The van der Waals surface area contributed by atoms with E-state index in [1.807, 2.05) is 0 Å². The number of aliphatic carboxylic acids is 1. The molecule has 1 aromatic rings. The molecule has 0 bridgehead atoms. The minimum Gasteiger partial charge on any atom is -0.481 e. The number of carbonyl (C=O) groups excluding carboxylic acids is 1. The lowest BCUT2D eigenvalue weighted by atomic mass is 10.2. The molecule has 21 heavy (non-hydrogen) atoms. The number of carboxylic acid groups (broad SMARTS) is 1. The second-order valence-corrected chi connectivity index (χ2v) is 4.99. The van der Waals surface area contributed by atoms with Crippen LogP contribution in [0.25, 0.3) is 0 Å². The SMILES string of the molecule is CN(Cc1cccc(C(F)(F)F)n1)C(=O)[C@@H]1C[C@H]1C(=O)O. The summed E-state index contributed by atoms with van der Waals surface area (Å²) >= 11 is 0. The van der Waals surface area contributed by atoms with Crippen molar-refractivity contribution in [2.24, 2.45) is 11.8 Å². The second-order valence-electron chi connectivity index (χ2n) is 4.99. The van der Waals surface area contributed by atoms with Gasteiger partial charge in [-0.3, -0.25) is 9.59 Å². The molecule has 1 N–H and O–H groups in total. The van der Waals surface area contributed by atoms with Crippen molar-refractivity contribution in [2.45, 2.75) is 19.1 Å². The summed E-state index contributed by atoms with van der Waals surface area (Å²) in [7, 11) is 1.42. The van der Waals surface area contributed by atoms with E-state index >= 15 is 0 Å². The molecule has 2 rings (SSSR count). The number of carboxylic acids is 1. The van der Waals surface area contributed by atoms with Crippen molar-refractivity contribution in [3.8, 4) is 0 Å². The third-order valence-electron chi connectivity index (χ3n) is 3.30. The average molecular weight is 302 g/mol. The van der Waals surface area contributed by atoms with Crippen LogP contribution >= 0.6 is 0 Å². The Balaban J connectivity index is 2.02. The van der Waals surface area contributed by atoms with Crippen molar-refractivity contribution >= 4 is 11.9 Å². The van der Waals surface area contributed by atoms with E-state index in [1.165, 1.54) is 24.1 Å². The van der Waals surface area contributed by atoms with E-state index in [4.69, 9.17) is 5.11 Å². The van der Waals surface area contributed by atoms with Crippen LogP contribution in [-0.4, -0.2) is 33.9 Å². The molecule has 1 saturated carbocycles. The lowest BCUT2D eigenvalue weighted by Gasteiger charge is -2.17. The summed E-state index contributed by atoms with van der Waals surface area (Å²) in [6.45, 7) is -0.0917. The van der Waals surface area contributed by atoms with Crippen molar-refractivity contribution < 1.29 is 27.9 Å². The Morgan fingerprint density at radius 1 is 1.38 bits per heavy atom. The number of aromatic nitrogens is 1. The zero-order chi connectivity index (χ0) is 15.8. The van der Waals surface area contributed by atoms with Crippen LogP contribution in [0.15, 0.2) is 18.2 Å². The minimum absolute atomic E-state index is 0.0917. The molecule has 5 nitrogen and oxygen atoms in total. The molecule has 0 radical (unpaired) electrons. The standard InChI is InChI=1S/C13H13F3N2O3/c1-18(11(19)8-5-9(8)12(20)21)6-7-3-2-4-10(17-7)13(14,15)16/h2-4,8-9H,5-6H2,1H3,(H,20,21)/t8-,9-/m1/s1. The molecular weight excluding hydrogens is 289 g/mol. The van der Waals surface area contributed by atoms with Gasteiger partial charge in [-0.25, -0.2) is 4.98 Å². The molecule has 1 heterocycles. The van der Waals surface area contributed by atoms with Crippen LogP contribution in [0.3, 0.4) is 0 Å². The summed E-state index contributed by atoms with van der Waals surface area (Å²) < 4.78 is 37.6. The summed E-state index contributed by atoms with van der Waals surface area (Å²) in [5.74, 6) is -2.69. The van der Waals surface area contributed by atoms with E-state index in [0.29, 0.717) is 0 Å². The predicted octanol–water partition coefficient (Wildman–Crippen LogP) is 1.78. The number of nitrogens with zero attached hydrogens (tertiary/aromatic N) is 2. The smallest absolute Gasteiger partial charge is 0.433 e. The summed E-state index contributed by atoms with van der Waals surface area (Å²) in [6, 6.07) is 3.47. The van der Waals surface area contributed by atoms with Crippen LogP contribution < -0.4 is 0 Å². The minimum atomic E-state index is -4.54. The van der Waals surface area contributed by atoms with E-state index in [-0.39, 0.29) is 24.6 Å². The first kappa shape index (κ1) is 15.3. The van der Waals surface area contributed by atoms with Gasteiger partial charge >= 0.3 is 12.1 Å². The number of hydrogen-bond acceptors (Lipinski definition) is 3. The molecule has 114 valence electrons. The van der Waals surface area contributed by atoms with Gasteiger partial charge in [-0.15, -0.1) is 0 Å². The van der Waals surface area contributed by atoms with Gasteiger partial charge in [-0.05, 0) is 18.6 Å². The fraction of sp³-hybridized carbons (Fsp3) is 0.462. The Bertz CT molecular complexity index is 574. The molecule has 0 saturated heterocycles.